The number of nitrogen functional groups attached to an aromatic ring is 1. The molecule has 3 aromatic rings. The smallest absolute Gasteiger partial charge is 0.323 e. The molecule has 0 saturated carbocycles. The van der Waals surface area contributed by atoms with Gasteiger partial charge in [-0.25, -0.2) is 9.97 Å². The molecule has 0 amide bonds. The predicted octanol–water partition coefficient (Wildman–Crippen LogP) is 5.46. The number of anilines is 2. The highest BCUT2D eigenvalue weighted by Gasteiger charge is 2.21. The van der Waals surface area contributed by atoms with Gasteiger partial charge in [-0.05, 0) is 51.5 Å². The van der Waals surface area contributed by atoms with Crippen molar-refractivity contribution in [2.75, 3.05) is 11.1 Å². The molecule has 4 N–H and O–H groups in total. The summed E-state index contributed by atoms with van der Waals surface area (Å²) in [5.41, 5.74) is 8.78. The molecule has 1 aromatic heterocycles. The van der Waals surface area contributed by atoms with E-state index in [1.165, 1.54) is 0 Å². The van der Waals surface area contributed by atoms with Gasteiger partial charge in [0.05, 0.1) is 11.9 Å². The van der Waals surface area contributed by atoms with Crippen molar-refractivity contribution in [3.05, 3.63) is 69.8 Å². The lowest BCUT2D eigenvalue weighted by Crippen LogP contribution is -2.38. The Hall–Kier alpha value is -2.87. The summed E-state index contributed by atoms with van der Waals surface area (Å²) in [6.07, 6.45) is 1.62. The minimum atomic E-state index is -0.524. The van der Waals surface area contributed by atoms with Crippen LogP contribution in [0.1, 0.15) is 38.8 Å². The molecule has 0 bridgehead atoms. The maximum Gasteiger partial charge on any atom is 0.323 e. The fourth-order valence-corrected chi connectivity index (χ4v) is 3.66. The zero-order valence-electron chi connectivity index (χ0n) is 19.7. The number of aromatic nitrogens is 2. The quantitative estimate of drug-likeness (QED) is 0.352. The van der Waals surface area contributed by atoms with E-state index in [9.17, 15) is 4.79 Å². The Labute approximate surface area is 210 Å². The van der Waals surface area contributed by atoms with Crippen LogP contribution in [0.5, 0.6) is 0 Å². The monoisotopic (exact) mass is 501 g/mol. The van der Waals surface area contributed by atoms with Crippen LogP contribution < -0.4 is 16.4 Å². The van der Waals surface area contributed by atoms with Crippen LogP contribution in [0.3, 0.4) is 0 Å². The summed E-state index contributed by atoms with van der Waals surface area (Å²) in [6, 6.07) is 12.7. The van der Waals surface area contributed by atoms with E-state index in [-0.39, 0.29) is 11.8 Å². The molecular weight excluding hydrogens is 473 g/mol. The van der Waals surface area contributed by atoms with Crippen LogP contribution in [0, 0.1) is 0 Å². The first-order chi connectivity index (χ1) is 16.0. The Morgan fingerprint density at radius 2 is 1.79 bits per heavy atom. The second kappa shape index (κ2) is 11.0. The molecule has 0 aliphatic heterocycles. The summed E-state index contributed by atoms with van der Waals surface area (Å²) >= 11 is 12.5. The zero-order valence-corrected chi connectivity index (χ0v) is 21.2. The second-order valence-corrected chi connectivity index (χ2v) is 9.69. The number of carbonyl (C=O) groups excluding carboxylic acids is 1. The van der Waals surface area contributed by atoms with E-state index < -0.39 is 11.6 Å². The Morgan fingerprint density at radius 1 is 1.12 bits per heavy atom. The number of nitrogens with one attached hydrogen (secondary N) is 2. The minimum absolute atomic E-state index is 0.274. The van der Waals surface area contributed by atoms with E-state index in [0.717, 1.165) is 16.7 Å². The number of halogens is 2. The molecule has 34 heavy (non-hydrogen) atoms. The molecular formula is C25H29Cl2N5O2. The van der Waals surface area contributed by atoms with Gasteiger partial charge in [-0.3, -0.25) is 4.79 Å². The molecule has 0 spiro atoms. The molecule has 7 nitrogen and oxygen atoms in total. The molecule has 0 saturated heterocycles. The van der Waals surface area contributed by atoms with Crippen molar-refractivity contribution in [3.8, 4) is 11.3 Å². The lowest BCUT2D eigenvalue weighted by atomic mass is 10.1. The largest absolute Gasteiger partial charge is 0.459 e. The highest BCUT2D eigenvalue weighted by Crippen LogP contribution is 2.27. The van der Waals surface area contributed by atoms with Crippen LogP contribution >= 0.6 is 23.2 Å². The van der Waals surface area contributed by atoms with E-state index in [4.69, 9.17) is 33.7 Å². The van der Waals surface area contributed by atoms with Gasteiger partial charge < -0.3 is 21.1 Å². The highest BCUT2D eigenvalue weighted by atomic mass is 35.5. The summed E-state index contributed by atoms with van der Waals surface area (Å²) in [5, 5.41) is 7.49. The Bertz CT molecular complexity index is 1140. The molecule has 1 heterocycles. The SMILES string of the molecule is C[C@H](NCc1cccc(-c2cnc(N)c(NCc3c(Cl)cccc3Cl)n2)c1)C(=O)OC(C)(C)C. The first-order valence-electron chi connectivity index (χ1n) is 10.9. The third-order valence-electron chi connectivity index (χ3n) is 4.89. The van der Waals surface area contributed by atoms with Gasteiger partial charge in [0.2, 0.25) is 0 Å². The van der Waals surface area contributed by atoms with Crippen molar-refractivity contribution >= 4 is 40.8 Å². The van der Waals surface area contributed by atoms with E-state index in [1.807, 2.05) is 45.0 Å². The first kappa shape index (κ1) is 25.7. The van der Waals surface area contributed by atoms with Gasteiger partial charge in [-0.15, -0.1) is 0 Å². The zero-order chi connectivity index (χ0) is 24.9. The maximum absolute atomic E-state index is 12.2. The number of carbonyl (C=O) groups is 1. The lowest BCUT2D eigenvalue weighted by molar-refractivity contribution is -0.157. The van der Waals surface area contributed by atoms with Crippen LogP contribution in [-0.2, 0) is 22.6 Å². The number of nitrogens with zero attached hydrogens (tertiary/aromatic N) is 2. The summed E-state index contributed by atoms with van der Waals surface area (Å²) in [4.78, 5) is 21.1. The van der Waals surface area contributed by atoms with Gasteiger partial charge in [-0.1, -0.05) is 47.5 Å². The van der Waals surface area contributed by atoms with Gasteiger partial charge in [0.25, 0.3) is 0 Å². The van der Waals surface area contributed by atoms with E-state index in [2.05, 4.69) is 20.6 Å². The summed E-state index contributed by atoms with van der Waals surface area (Å²) < 4.78 is 5.42. The standard InChI is InChI=1S/C25H29Cl2N5O2/c1-15(24(33)34-25(2,3)4)29-12-16-7-5-8-17(11-16)21-14-30-22(28)23(32-21)31-13-18-19(26)9-6-10-20(18)27/h5-11,14-15,29H,12-13H2,1-4H3,(H2,28,30)(H,31,32)/t15-/m0/s1. The van der Waals surface area contributed by atoms with Gasteiger partial charge in [0, 0.05) is 34.3 Å². The van der Waals surface area contributed by atoms with Gasteiger partial charge >= 0.3 is 5.97 Å². The van der Waals surface area contributed by atoms with Crippen molar-refractivity contribution in [3.63, 3.8) is 0 Å². The number of rotatable bonds is 8. The number of hydrogen-bond donors (Lipinski definition) is 3. The normalized spacial score (nSPS) is 12.3. The Kier molecular flexibility index (Phi) is 8.36. The third-order valence-corrected chi connectivity index (χ3v) is 5.60. The Morgan fingerprint density at radius 3 is 2.47 bits per heavy atom. The van der Waals surface area contributed by atoms with Crippen LogP contribution in [0.2, 0.25) is 10.0 Å². The molecule has 9 heteroatoms. The number of hydrogen-bond acceptors (Lipinski definition) is 7. The summed E-state index contributed by atoms with van der Waals surface area (Å²) in [6.45, 7) is 8.18. The number of ether oxygens (including phenoxy) is 1. The average Bonchev–Trinajstić information content (AvgIpc) is 2.77. The number of nitrogens with two attached hydrogens (primary N) is 1. The van der Waals surface area contributed by atoms with Gasteiger partial charge in [0.15, 0.2) is 11.6 Å². The van der Waals surface area contributed by atoms with Crippen molar-refractivity contribution in [1.29, 1.82) is 0 Å². The maximum atomic E-state index is 12.2. The van der Waals surface area contributed by atoms with Gasteiger partial charge in [-0.2, -0.15) is 0 Å². The molecule has 0 fully saturated rings. The molecule has 3 rings (SSSR count). The van der Waals surface area contributed by atoms with Crippen LogP contribution in [-0.4, -0.2) is 27.6 Å². The van der Waals surface area contributed by atoms with Crippen LogP contribution in [0.15, 0.2) is 48.7 Å². The molecule has 0 aliphatic carbocycles. The lowest BCUT2D eigenvalue weighted by Gasteiger charge is -2.22. The van der Waals surface area contributed by atoms with Crippen molar-refractivity contribution in [2.45, 2.75) is 52.4 Å². The van der Waals surface area contributed by atoms with E-state index in [0.29, 0.717) is 34.6 Å². The topological polar surface area (TPSA) is 102 Å². The van der Waals surface area contributed by atoms with Crippen molar-refractivity contribution < 1.29 is 9.53 Å². The second-order valence-electron chi connectivity index (χ2n) is 8.88. The Balaban J connectivity index is 1.71. The highest BCUT2D eigenvalue weighted by molar-refractivity contribution is 6.36. The summed E-state index contributed by atoms with van der Waals surface area (Å²) in [5.74, 6) is 0.425. The van der Waals surface area contributed by atoms with E-state index >= 15 is 0 Å². The van der Waals surface area contributed by atoms with E-state index in [1.54, 1.807) is 31.3 Å². The van der Waals surface area contributed by atoms with Crippen molar-refractivity contribution in [1.82, 2.24) is 15.3 Å². The number of esters is 1. The molecule has 1 atom stereocenters. The van der Waals surface area contributed by atoms with Crippen LogP contribution in [0.25, 0.3) is 11.3 Å². The average molecular weight is 502 g/mol. The fourth-order valence-electron chi connectivity index (χ4n) is 3.13. The molecule has 0 radical (unpaired) electrons. The van der Waals surface area contributed by atoms with Gasteiger partial charge in [0.1, 0.15) is 11.6 Å². The number of benzene rings is 2. The third kappa shape index (κ3) is 7.06. The predicted molar refractivity (Wildman–Crippen MR) is 138 cm³/mol. The molecule has 2 aromatic carbocycles. The summed E-state index contributed by atoms with van der Waals surface area (Å²) in [7, 11) is 0. The van der Waals surface area contributed by atoms with Crippen molar-refractivity contribution in [2.24, 2.45) is 0 Å². The fraction of sp³-hybridized carbons (Fsp3) is 0.320. The van der Waals surface area contributed by atoms with Crippen LogP contribution in [0.4, 0.5) is 11.6 Å². The molecule has 0 aliphatic rings. The molecule has 0 unspecified atom stereocenters. The minimum Gasteiger partial charge on any atom is -0.459 e. The first-order valence-corrected chi connectivity index (χ1v) is 11.6. The molecule has 180 valence electrons.